The summed E-state index contributed by atoms with van der Waals surface area (Å²) < 4.78 is 13.7. The monoisotopic (exact) mass is 405 g/mol. The fraction of sp³-hybridized carbons (Fsp3) is 0.150. The van der Waals surface area contributed by atoms with E-state index in [1.165, 1.54) is 21.8 Å². The fourth-order valence-corrected chi connectivity index (χ4v) is 2.91. The van der Waals surface area contributed by atoms with Crippen molar-refractivity contribution in [2.24, 2.45) is 7.05 Å². The van der Waals surface area contributed by atoms with E-state index in [0.717, 1.165) is 5.56 Å². The number of carbonyl (C=O) groups is 1. The van der Waals surface area contributed by atoms with Crippen LogP contribution in [0, 0.1) is 0 Å². The SMILES string of the molecule is COc1ccc(OC)c(-c2cc(C(=O)Nc3cnc(-n4cccn4)nc3)n(C)n2)c1. The number of hydrogen-bond donors (Lipinski definition) is 1. The predicted molar refractivity (Wildman–Crippen MR) is 109 cm³/mol. The molecule has 1 aromatic carbocycles. The number of nitrogens with one attached hydrogen (secondary N) is 1. The van der Waals surface area contributed by atoms with Crippen LogP contribution in [0.2, 0.25) is 0 Å². The molecule has 0 fully saturated rings. The molecular weight excluding hydrogens is 386 g/mol. The Bertz CT molecular complexity index is 1170. The molecule has 0 aliphatic heterocycles. The molecule has 3 aromatic heterocycles. The van der Waals surface area contributed by atoms with Crippen molar-refractivity contribution >= 4 is 11.6 Å². The van der Waals surface area contributed by atoms with Gasteiger partial charge in [0, 0.05) is 25.0 Å². The van der Waals surface area contributed by atoms with E-state index in [1.54, 1.807) is 57.9 Å². The number of rotatable bonds is 6. The first-order valence-corrected chi connectivity index (χ1v) is 8.99. The lowest BCUT2D eigenvalue weighted by atomic mass is 10.1. The lowest BCUT2D eigenvalue weighted by molar-refractivity contribution is 0.101. The summed E-state index contributed by atoms with van der Waals surface area (Å²) in [4.78, 5) is 21.2. The Morgan fingerprint density at radius 3 is 2.57 bits per heavy atom. The van der Waals surface area contributed by atoms with Crippen molar-refractivity contribution in [3.05, 3.63) is 60.8 Å². The van der Waals surface area contributed by atoms with Gasteiger partial charge < -0.3 is 14.8 Å². The van der Waals surface area contributed by atoms with Crippen LogP contribution in [0.1, 0.15) is 10.5 Å². The molecule has 0 bridgehead atoms. The average molecular weight is 405 g/mol. The maximum atomic E-state index is 12.8. The minimum atomic E-state index is -0.339. The summed E-state index contributed by atoms with van der Waals surface area (Å²) >= 11 is 0. The minimum absolute atomic E-state index is 0.339. The molecule has 0 atom stereocenters. The quantitative estimate of drug-likeness (QED) is 0.524. The standard InChI is InChI=1S/C20H19N7O3/c1-26-17(10-16(25-26)15-9-14(29-2)5-6-18(15)30-3)19(28)24-13-11-21-20(22-12-13)27-8-4-7-23-27/h4-12H,1-3H3,(H,24,28). The molecule has 30 heavy (non-hydrogen) atoms. The minimum Gasteiger partial charge on any atom is -0.497 e. The summed E-state index contributed by atoms with van der Waals surface area (Å²) in [5, 5.41) is 11.3. The van der Waals surface area contributed by atoms with Crippen molar-refractivity contribution in [3.63, 3.8) is 0 Å². The van der Waals surface area contributed by atoms with Gasteiger partial charge in [-0.15, -0.1) is 0 Å². The Hall–Kier alpha value is -4.21. The molecule has 3 heterocycles. The lowest BCUT2D eigenvalue weighted by Crippen LogP contribution is -2.16. The van der Waals surface area contributed by atoms with E-state index in [4.69, 9.17) is 9.47 Å². The van der Waals surface area contributed by atoms with Gasteiger partial charge in [0.1, 0.15) is 17.2 Å². The van der Waals surface area contributed by atoms with Crippen molar-refractivity contribution in [2.45, 2.75) is 0 Å². The van der Waals surface area contributed by atoms with Gasteiger partial charge in [0.05, 0.1) is 38.0 Å². The predicted octanol–water partition coefficient (Wildman–Crippen LogP) is 2.33. The molecule has 10 nitrogen and oxygen atoms in total. The number of anilines is 1. The Morgan fingerprint density at radius 1 is 1.10 bits per heavy atom. The van der Waals surface area contributed by atoms with E-state index in [9.17, 15) is 4.79 Å². The third-order valence-electron chi connectivity index (χ3n) is 4.40. The van der Waals surface area contributed by atoms with Gasteiger partial charge >= 0.3 is 0 Å². The molecule has 0 spiro atoms. The van der Waals surface area contributed by atoms with Crippen molar-refractivity contribution < 1.29 is 14.3 Å². The van der Waals surface area contributed by atoms with Crippen molar-refractivity contribution in [2.75, 3.05) is 19.5 Å². The summed E-state index contributed by atoms with van der Waals surface area (Å²) in [5.74, 6) is 1.36. The normalized spacial score (nSPS) is 10.6. The highest BCUT2D eigenvalue weighted by molar-refractivity contribution is 6.03. The van der Waals surface area contributed by atoms with Gasteiger partial charge in [-0.2, -0.15) is 10.2 Å². The van der Waals surface area contributed by atoms with Crippen molar-refractivity contribution in [3.8, 4) is 28.7 Å². The molecule has 0 radical (unpaired) electrons. The van der Waals surface area contributed by atoms with Crippen LogP contribution in [0.25, 0.3) is 17.2 Å². The fourth-order valence-electron chi connectivity index (χ4n) is 2.91. The van der Waals surface area contributed by atoms with E-state index in [-0.39, 0.29) is 5.91 Å². The summed E-state index contributed by atoms with van der Waals surface area (Å²) in [6.45, 7) is 0. The highest BCUT2D eigenvalue weighted by Crippen LogP contribution is 2.33. The maximum absolute atomic E-state index is 12.8. The highest BCUT2D eigenvalue weighted by atomic mass is 16.5. The van der Waals surface area contributed by atoms with Crippen molar-refractivity contribution in [1.29, 1.82) is 0 Å². The zero-order chi connectivity index (χ0) is 21.1. The largest absolute Gasteiger partial charge is 0.497 e. The second-order valence-electron chi connectivity index (χ2n) is 6.28. The first-order chi connectivity index (χ1) is 14.6. The Kier molecular flexibility index (Phi) is 5.12. The molecule has 0 aliphatic rings. The van der Waals surface area contributed by atoms with E-state index in [1.807, 2.05) is 6.07 Å². The smallest absolute Gasteiger partial charge is 0.274 e. The van der Waals surface area contributed by atoms with Crippen LogP contribution in [0.3, 0.4) is 0 Å². The van der Waals surface area contributed by atoms with Crippen LogP contribution < -0.4 is 14.8 Å². The molecule has 0 saturated heterocycles. The van der Waals surface area contributed by atoms with Crippen LogP contribution in [0.15, 0.2) is 55.1 Å². The summed E-state index contributed by atoms with van der Waals surface area (Å²) in [7, 11) is 4.86. The Morgan fingerprint density at radius 2 is 1.90 bits per heavy atom. The van der Waals surface area contributed by atoms with Crippen LogP contribution >= 0.6 is 0 Å². The molecule has 152 valence electrons. The second kappa shape index (κ2) is 8.03. The molecule has 0 saturated carbocycles. The number of benzene rings is 1. The molecule has 4 aromatic rings. The molecule has 1 amide bonds. The van der Waals surface area contributed by atoms with Gasteiger partial charge in [0.15, 0.2) is 0 Å². The molecule has 0 aliphatic carbocycles. The van der Waals surface area contributed by atoms with E-state index < -0.39 is 0 Å². The van der Waals surface area contributed by atoms with Crippen LogP contribution in [0.5, 0.6) is 11.5 Å². The number of ether oxygens (including phenoxy) is 2. The molecule has 0 unspecified atom stereocenters. The number of amides is 1. The number of carbonyl (C=O) groups excluding carboxylic acids is 1. The molecular formula is C20H19N7O3. The first-order valence-electron chi connectivity index (χ1n) is 8.99. The van der Waals surface area contributed by atoms with E-state index in [0.29, 0.717) is 34.5 Å². The number of aryl methyl sites for hydroxylation is 1. The van der Waals surface area contributed by atoms with Crippen molar-refractivity contribution in [1.82, 2.24) is 29.5 Å². The second-order valence-corrected chi connectivity index (χ2v) is 6.28. The highest BCUT2D eigenvalue weighted by Gasteiger charge is 2.18. The lowest BCUT2D eigenvalue weighted by Gasteiger charge is -2.08. The topological polar surface area (TPSA) is 109 Å². The van der Waals surface area contributed by atoms with E-state index in [2.05, 4.69) is 25.5 Å². The first kappa shape index (κ1) is 19.1. The van der Waals surface area contributed by atoms with Crippen LogP contribution in [-0.2, 0) is 7.05 Å². The number of methoxy groups -OCH3 is 2. The molecule has 1 N–H and O–H groups in total. The van der Waals surface area contributed by atoms with Gasteiger partial charge in [-0.3, -0.25) is 9.48 Å². The Labute approximate surface area is 172 Å². The molecule has 4 rings (SSSR count). The van der Waals surface area contributed by atoms with Gasteiger partial charge in [-0.05, 0) is 30.3 Å². The summed E-state index contributed by atoms with van der Waals surface area (Å²) in [5.41, 5.74) is 2.13. The number of hydrogen-bond acceptors (Lipinski definition) is 7. The summed E-state index contributed by atoms with van der Waals surface area (Å²) in [6, 6.07) is 8.86. The average Bonchev–Trinajstić information content (AvgIpc) is 3.44. The van der Waals surface area contributed by atoms with Gasteiger partial charge in [-0.1, -0.05) is 0 Å². The zero-order valence-electron chi connectivity index (χ0n) is 16.6. The van der Waals surface area contributed by atoms with Gasteiger partial charge in [0.2, 0.25) is 0 Å². The van der Waals surface area contributed by atoms with Crippen LogP contribution in [-0.4, -0.2) is 49.7 Å². The third kappa shape index (κ3) is 3.70. The van der Waals surface area contributed by atoms with E-state index >= 15 is 0 Å². The Balaban J connectivity index is 1.57. The number of nitrogens with zero attached hydrogens (tertiary/aromatic N) is 6. The maximum Gasteiger partial charge on any atom is 0.274 e. The van der Waals surface area contributed by atoms with Crippen LogP contribution in [0.4, 0.5) is 5.69 Å². The zero-order valence-corrected chi connectivity index (χ0v) is 16.6. The summed E-state index contributed by atoms with van der Waals surface area (Å²) in [6.07, 6.45) is 6.41. The van der Waals surface area contributed by atoms with Gasteiger partial charge in [-0.25, -0.2) is 14.6 Å². The molecule has 10 heteroatoms. The third-order valence-corrected chi connectivity index (χ3v) is 4.40. The van der Waals surface area contributed by atoms with Gasteiger partial charge in [0.25, 0.3) is 11.9 Å². The number of aromatic nitrogens is 6.